The van der Waals surface area contributed by atoms with Crippen molar-refractivity contribution >= 4 is 27.7 Å². The number of carbonyl (C=O) groups excluding carboxylic acids is 2. The highest BCUT2D eigenvalue weighted by Crippen LogP contribution is 2.64. The van der Waals surface area contributed by atoms with Crippen molar-refractivity contribution in [3.63, 3.8) is 0 Å². The van der Waals surface area contributed by atoms with Crippen LogP contribution in [0, 0.1) is 17.3 Å². The van der Waals surface area contributed by atoms with E-state index in [1.54, 1.807) is 0 Å². The van der Waals surface area contributed by atoms with E-state index in [0.717, 1.165) is 32.1 Å². The SMILES string of the molecule is O=C(CNC(=O)C12CC3CC(CC(Br)(C3)C1)C2)NC1CCCCC1. The normalized spacial score (nSPS) is 41.2. The average Bonchev–Trinajstić information content (AvgIpc) is 2.51. The predicted octanol–water partition coefficient (Wildman–Crippen LogP) is 3.29. The first-order chi connectivity index (χ1) is 11.5. The lowest BCUT2D eigenvalue weighted by Gasteiger charge is -2.59. The van der Waals surface area contributed by atoms with Crippen LogP contribution in [-0.2, 0) is 9.59 Å². The molecule has 0 saturated heterocycles. The summed E-state index contributed by atoms with van der Waals surface area (Å²) in [6.45, 7) is 0.141. The van der Waals surface area contributed by atoms with Crippen molar-refractivity contribution in [2.75, 3.05) is 6.54 Å². The van der Waals surface area contributed by atoms with Crippen LogP contribution in [0.2, 0.25) is 0 Å². The van der Waals surface area contributed by atoms with Gasteiger partial charge in [-0.2, -0.15) is 0 Å². The van der Waals surface area contributed by atoms with Crippen molar-refractivity contribution < 1.29 is 9.59 Å². The van der Waals surface area contributed by atoms with Gasteiger partial charge in [-0.25, -0.2) is 0 Å². The van der Waals surface area contributed by atoms with Gasteiger partial charge in [-0.1, -0.05) is 35.2 Å². The highest BCUT2D eigenvalue weighted by Gasteiger charge is 2.59. The maximum absolute atomic E-state index is 12.9. The zero-order valence-electron chi connectivity index (χ0n) is 14.4. The molecule has 0 aromatic heterocycles. The van der Waals surface area contributed by atoms with E-state index in [4.69, 9.17) is 0 Å². The van der Waals surface area contributed by atoms with E-state index in [-0.39, 0.29) is 28.1 Å². The van der Waals surface area contributed by atoms with Crippen LogP contribution >= 0.6 is 15.9 Å². The summed E-state index contributed by atoms with van der Waals surface area (Å²) in [5.74, 6) is 1.48. The van der Waals surface area contributed by atoms with E-state index < -0.39 is 0 Å². The molecule has 0 aromatic rings. The highest BCUT2D eigenvalue weighted by atomic mass is 79.9. The monoisotopic (exact) mass is 396 g/mol. The Morgan fingerprint density at radius 3 is 2.29 bits per heavy atom. The summed E-state index contributed by atoms with van der Waals surface area (Å²) in [6, 6.07) is 0.313. The van der Waals surface area contributed by atoms with Crippen molar-refractivity contribution in [3.8, 4) is 0 Å². The molecule has 0 aromatic carbocycles. The molecule has 134 valence electrons. The van der Waals surface area contributed by atoms with Gasteiger partial charge in [0, 0.05) is 10.4 Å². The van der Waals surface area contributed by atoms with Gasteiger partial charge in [-0.3, -0.25) is 9.59 Å². The standard InChI is InChI=1S/C19H29BrN2O2/c20-19-9-13-6-14(10-19)8-18(7-13,12-19)17(24)21-11-16(23)22-15-4-2-1-3-5-15/h13-15H,1-12H2,(H,21,24)(H,22,23). The van der Waals surface area contributed by atoms with E-state index in [1.807, 2.05) is 0 Å². The zero-order chi connectivity index (χ0) is 16.8. The lowest BCUT2D eigenvalue weighted by Crippen LogP contribution is -2.59. The van der Waals surface area contributed by atoms with Crippen LogP contribution in [-0.4, -0.2) is 28.7 Å². The molecule has 5 rings (SSSR count). The molecule has 0 radical (unpaired) electrons. The molecule has 0 heterocycles. The van der Waals surface area contributed by atoms with Crippen LogP contribution in [0.1, 0.15) is 70.6 Å². The zero-order valence-corrected chi connectivity index (χ0v) is 16.0. The van der Waals surface area contributed by atoms with E-state index >= 15 is 0 Å². The minimum atomic E-state index is -0.224. The maximum atomic E-state index is 12.9. The third-order valence-corrected chi connectivity index (χ3v) is 7.78. The van der Waals surface area contributed by atoms with Gasteiger partial charge in [0.05, 0.1) is 12.0 Å². The number of halogens is 1. The molecule has 5 fully saturated rings. The number of amides is 2. The molecule has 5 saturated carbocycles. The molecular weight excluding hydrogens is 368 g/mol. The van der Waals surface area contributed by atoms with Crippen LogP contribution in [0.4, 0.5) is 0 Å². The number of alkyl halides is 1. The number of nitrogens with one attached hydrogen (secondary N) is 2. The Balaban J connectivity index is 1.32. The summed E-state index contributed by atoms with van der Waals surface area (Å²) < 4.78 is 0.179. The Labute approximate surface area is 153 Å². The molecule has 2 atom stereocenters. The summed E-state index contributed by atoms with van der Waals surface area (Å²) in [5, 5.41) is 6.07. The summed E-state index contributed by atoms with van der Waals surface area (Å²) in [7, 11) is 0. The fraction of sp³-hybridized carbons (Fsp3) is 0.895. The van der Waals surface area contributed by atoms with Crippen molar-refractivity contribution in [1.29, 1.82) is 0 Å². The van der Waals surface area contributed by atoms with Crippen LogP contribution in [0.25, 0.3) is 0 Å². The third kappa shape index (κ3) is 3.25. The molecule has 2 N–H and O–H groups in total. The van der Waals surface area contributed by atoms with Crippen LogP contribution in [0.15, 0.2) is 0 Å². The number of hydrogen-bond donors (Lipinski definition) is 2. The van der Waals surface area contributed by atoms with Crippen molar-refractivity contribution in [2.24, 2.45) is 17.3 Å². The summed E-state index contributed by atoms with van der Waals surface area (Å²) in [5.41, 5.74) is -0.224. The van der Waals surface area contributed by atoms with E-state index in [2.05, 4.69) is 26.6 Å². The van der Waals surface area contributed by atoms with Gasteiger partial charge in [0.25, 0.3) is 0 Å². The van der Waals surface area contributed by atoms with Gasteiger partial charge in [-0.15, -0.1) is 0 Å². The third-order valence-electron chi connectivity index (χ3n) is 6.85. The lowest BCUT2D eigenvalue weighted by molar-refractivity contribution is -0.145. The smallest absolute Gasteiger partial charge is 0.239 e. The fourth-order valence-corrected chi connectivity index (χ4v) is 7.74. The Hall–Kier alpha value is -0.580. The summed E-state index contributed by atoms with van der Waals surface area (Å²) >= 11 is 3.95. The molecule has 5 heteroatoms. The topological polar surface area (TPSA) is 58.2 Å². The quantitative estimate of drug-likeness (QED) is 0.716. The number of hydrogen-bond acceptors (Lipinski definition) is 2. The predicted molar refractivity (Wildman–Crippen MR) is 96.8 cm³/mol. The van der Waals surface area contributed by atoms with E-state index in [9.17, 15) is 9.59 Å². The van der Waals surface area contributed by atoms with Crippen molar-refractivity contribution in [3.05, 3.63) is 0 Å². The van der Waals surface area contributed by atoms with Gasteiger partial charge < -0.3 is 10.6 Å². The molecule has 5 aliphatic carbocycles. The molecule has 2 unspecified atom stereocenters. The molecule has 4 nitrogen and oxygen atoms in total. The van der Waals surface area contributed by atoms with Gasteiger partial charge >= 0.3 is 0 Å². The Morgan fingerprint density at radius 2 is 1.67 bits per heavy atom. The Morgan fingerprint density at radius 1 is 1.00 bits per heavy atom. The molecule has 5 aliphatic rings. The van der Waals surface area contributed by atoms with Gasteiger partial charge in [0.2, 0.25) is 11.8 Å². The molecule has 0 aliphatic heterocycles. The molecule has 0 spiro atoms. The van der Waals surface area contributed by atoms with E-state index in [0.29, 0.717) is 17.9 Å². The average molecular weight is 397 g/mol. The lowest BCUT2D eigenvalue weighted by atomic mass is 9.49. The molecular formula is C19H29BrN2O2. The Kier molecular flexibility index (Phi) is 4.42. The largest absolute Gasteiger partial charge is 0.352 e. The van der Waals surface area contributed by atoms with Crippen molar-refractivity contribution in [1.82, 2.24) is 10.6 Å². The van der Waals surface area contributed by atoms with Gasteiger partial charge in [-0.05, 0) is 63.2 Å². The minimum Gasteiger partial charge on any atom is -0.352 e. The number of carbonyl (C=O) groups is 2. The summed E-state index contributed by atoms with van der Waals surface area (Å²) in [6.07, 6.45) is 12.6. The maximum Gasteiger partial charge on any atom is 0.239 e. The molecule has 24 heavy (non-hydrogen) atoms. The van der Waals surface area contributed by atoms with Crippen molar-refractivity contribution in [2.45, 2.75) is 81.0 Å². The number of rotatable bonds is 4. The first-order valence-corrected chi connectivity index (χ1v) is 10.5. The second-order valence-corrected chi connectivity index (χ2v) is 10.7. The second kappa shape index (κ2) is 6.30. The summed E-state index contributed by atoms with van der Waals surface area (Å²) in [4.78, 5) is 25.1. The van der Waals surface area contributed by atoms with Crippen LogP contribution in [0.5, 0.6) is 0 Å². The molecule has 4 bridgehead atoms. The van der Waals surface area contributed by atoms with E-state index in [1.165, 1.54) is 38.5 Å². The minimum absolute atomic E-state index is 0.0199. The van der Waals surface area contributed by atoms with Crippen LogP contribution in [0.3, 0.4) is 0 Å². The first kappa shape index (κ1) is 16.9. The van der Waals surface area contributed by atoms with Crippen LogP contribution < -0.4 is 10.6 Å². The molecule has 2 amide bonds. The first-order valence-electron chi connectivity index (χ1n) is 9.73. The van der Waals surface area contributed by atoms with Gasteiger partial charge in [0.1, 0.15) is 0 Å². The van der Waals surface area contributed by atoms with Gasteiger partial charge in [0.15, 0.2) is 0 Å². The fourth-order valence-electron chi connectivity index (χ4n) is 6.29. The highest BCUT2D eigenvalue weighted by molar-refractivity contribution is 9.10. The Bertz CT molecular complexity index is 515. The second-order valence-electron chi connectivity index (χ2n) is 8.98.